The molecule has 138 valence electrons. The van der Waals surface area contributed by atoms with Crippen LogP contribution in [0.2, 0.25) is 0 Å². The van der Waals surface area contributed by atoms with Crippen molar-refractivity contribution in [3.63, 3.8) is 0 Å². The average molecular weight is 483 g/mol. The fourth-order valence-corrected chi connectivity index (χ4v) is 3.41. The van der Waals surface area contributed by atoms with Gasteiger partial charge in [0.2, 0.25) is 0 Å². The van der Waals surface area contributed by atoms with Crippen molar-refractivity contribution in [3.05, 3.63) is 59.9 Å². The molecule has 1 aromatic carbocycles. The fraction of sp³-hybridized carbons (Fsp3) is 0.278. The number of hydrogen-bond donors (Lipinski definition) is 2. The van der Waals surface area contributed by atoms with E-state index in [-0.39, 0.29) is 29.9 Å². The number of nitrogens with one attached hydrogen (secondary N) is 1. The van der Waals surface area contributed by atoms with Gasteiger partial charge in [-0.3, -0.25) is 9.78 Å². The molecule has 0 spiro atoms. The maximum absolute atomic E-state index is 12.2. The number of thioether (sulfide) groups is 1. The summed E-state index contributed by atoms with van der Waals surface area (Å²) in [7, 11) is 0. The normalized spacial score (nSPS) is 14.5. The van der Waals surface area contributed by atoms with E-state index in [0.29, 0.717) is 18.2 Å². The second kappa shape index (κ2) is 10.4. The Morgan fingerprint density at radius 1 is 1.23 bits per heavy atom. The molecule has 1 amide bonds. The molecule has 6 nitrogen and oxygen atoms in total. The molecule has 1 aliphatic rings. The van der Waals surface area contributed by atoms with Crippen LogP contribution in [0.4, 0.5) is 5.69 Å². The molecule has 0 radical (unpaired) electrons. The molecular weight excluding hydrogens is 461 g/mol. The van der Waals surface area contributed by atoms with E-state index in [1.165, 1.54) is 0 Å². The smallest absolute Gasteiger partial charge is 0.274 e. The standard InChI is InChI=1S/C18H21N5OS.HI/c19-18(23-8-10-25-11-9-23)21-13-14-4-3-5-15(12-14)22-17(24)16-6-1-2-7-20-16;/h1-7,12H,8-11,13H2,(H2,19,21)(H,22,24);1H. The molecule has 0 aliphatic carbocycles. The number of halogens is 1. The number of aromatic nitrogens is 1. The number of nitrogens with zero attached hydrogens (tertiary/aromatic N) is 3. The minimum atomic E-state index is -0.230. The molecule has 1 saturated heterocycles. The van der Waals surface area contributed by atoms with E-state index in [2.05, 4.69) is 20.2 Å². The zero-order chi connectivity index (χ0) is 17.5. The van der Waals surface area contributed by atoms with Crippen LogP contribution in [0.5, 0.6) is 0 Å². The van der Waals surface area contributed by atoms with Crippen LogP contribution in [0.25, 0.3) is 0 Å². The molecule has 26 heavy (non-hydrogen) atoms. The van der Waals surface area contributed by atoms with Crippen molar-refractivity contribution in [3.8, 4) is 0 Å². The molecule has 0 saturated carbocycles. The Bertz CT molecular complexity index is 750. The van der Waals surface area contributed by atoms with Crippen molar-refractivity contribution in [2.24, 2.45) is 10.7 Å². The summed E-state index contributed by atoms with van der Waals surface area (Å²) >= 11 is 1.94. The fourth-order valence-electron chi connectivity index (χ4n) is 2.50. The lowest BCUT2D eigenvalue weighted by molar-refractivity contribution is 0.102. The third kappa shape index (κ3) is 5.87. The van der Waals surface area contributed by atoms with E-state index in [1.54, 1.807) is 24.4 Å². The Morgan fingerprint density at radius 2 is 2.04 bits per heavy atom. The van der Waals surface area contributed by atoms with E-state index in [4.69, 9.17) is 5.73 Å². The van der Waals surface area contributed by atoms with Crippen molar-refractivity contribution >= 4 is 53.3 Å². The largest absolute Gasteiger partial charge is 0.370 e. The summed E-state index contributed by atoms with van der Waals surface area (Å²) in [5.74, 6) is 2.53. The lowest BCUT2D eigenvalue weighted by Crippen LogP contribution is -2.42. The van der Waals surface area contributed by atoms with Crippen molar-refractivity contribution in [2.75, 3.05) is 29.9 Å². The molecule has 8 heteroatoms. The quantitative estimate of drug-likeness (QED) is 0.397. The Morgan fingerprint density at radius 3 is 2.77 bits per heavy atom. The highest BCUT2D eigenvalue weighted by molar-refractivity contribution is 14.0. The highest BCUT2D eigenvalue weighted by atomic mass is 127. The van der Waals surface area contributed by atoms with Crippen molar-refractivity contribution < 1.29 is 4.79 Å². The van der Waals surface area contributed by atoms with E-state index in [1.807, 2.05) is 36.0 Å². The molecule has 0 atom stereocenters. The van der Waals surface area contributed by atoms with Crippen molar-refractivity contribution in [1.82, 2.24) is 9.88 Å². The minimum Gasteiger partial charge on any atom is -0.370 e. The zero-order valence-corrected chi connectivity index (χ0v) is 17.4. The van der Waals surface area contributed by atoms with Crippen molar-refractivity contribution in [2.45, 2.75) is 6.54 Å². The van der Waals surface area contributed by atoms with E-state index < -0.39 is 0 Å². The van der Waals surface area contributed by atoms with Crippen LogP contribution >= 0.6 is 35.7 Å². The molecule has 0 unspecified atom stereocenters. The Kier molecular flexibility index (Phi) is 8.17. The predicted molar refractivity (Wildman–Crippen MR) is 118 cm³/mol. The minimum absolute atomic E-state index is 0. The first-order valence-electron chi connectivity index (χ1n) is 8.16. The number of carbonyl (C=O) groups is 1. The van der Waals surface area contributed by atoms with Gasteiger partial charge in [0, 0.05) is 36.5 Å². The molecule has 2 heterocycles. The number of carbonyl (C=O) groups excluding carboxylic acids is 1. The van der Waals surface area contributed by atoms with Gasteiger partial charge in [-0.25, -0.2) is 4.99 Å². The summed E-state index contributed by atoms with van der Waals surface area (Å²) < 4.78 is 0. The van der Waals surface area contributed by atoms with Gasteiger partial charge in [-0.15, -0.1) is 24.0 Å². The van der Waals surface area contributed by atoms with Crippen LogP contribution in [0.3, 0.4) is 0 Å². The number of aliphatic imine (C=N–C) groups is 1. The Balaban J connectivity index is 0.00000243. The Hall–Kier alpha value is -1.81. The van der Waals surface area contributed by atoms with Crippen LogP contribution in [0.15, 0.2) is 53.7 Å². The van der Waals surface area contributed by atoms with Gasteiger partial charge >= 0.3 is 0 Å². The second-order valence-corrected chi connectivity index (χ2v) is 6.87. The van der Waals surface area contributed by atoms with E-state index >= 15 is 0 Å². The van der Waals surface area contributed by atoms with Crippen LogP contribution < -0.4 is 11.1 Å². The molecular formula is C18H22IN5OS. The molecule has 2 aromatic rings. The lowest BCUT2D eigenvalue weighted by Gasteiger charge is -2.27. The summed E-state index contributed by atoms with van der Waals surface area (Å²) in [6.45, 7) is 2.38. The molecule has 1 aliphatic heterocycles. The van der Waals surface area contributed by atoms with Gasteiger partial charge < -0.3 is 16.0 Å². The molecule has 0 bridgehead atoms. The third-order valence-electron chi connectivity index (χ3n) is 3.84. The van der Waals surface area contributed by atoms with Gasteiger partial charge in [0.05, 0.1) is 6.54 Å². The van der Waals surface area contributed by atoms with Gasteiger partial charge in [0.25, 0.3) is 5.91 Å². The summed E-state index contributed by atoms with van der Waals surface area (Å²) in [5.41, 5.74) is 8.18. The number of rotatable bonds is 4. The number of hydrogen-bond acceptors (Lipinski definition) is 4. The number of guanidine groups is 1. The maximum atomic E-state index is 12.2. The number of benzene rings is 1. The average Bonchev–Trinajstić information content (AvgIpc) is 2.68. The molecule has 1 fully saturated rings. The summed E-state index contributed by atoms with van der Waals surface area (Å²) in [4.78, 5) is 22.8. The first kappa shape index (κ1) is 20.5. The first-order valence-corrected chi connectivity index (χ1v) is 9.32. The monoisotopic (exact) mass is 483 g/mol. The van der Waals surface area contributed by atoms with Crippen LogP contribution in [0, 0.1) is 0 Å². The maximum Gasteiger partial charge on any atom is 0.274 e. The van der Waals surface area contributed by atoms with E-state index in [9.17, 15) is 4.79 Å². The highest BCUT2D eigenvalue weighted by Crippen LogP contribution is 2.13. The predicted octanol–water partition coefficient (Wildman–Crippen LogP) is 2.82. The van der Waals surface area contributed by atoms with Gasteiger partial charge in [0.1, 0.15) is 5.69 Å². The van der Waals surface area contributed by atoms with Gasteiger partial charge in [-0.1, -0.05) is 18.2 Å². The van der Waals surface area contributed by atoms with Crippen LogP contribution in [-0.2, 0) is 6.54 Å². The number of anilines is 1. The summed E-state index contributed by atoms with van der Waals surface area (Å²) in [6, 6.07) is 12.9. The van der Waals surface area contributed by atoms with Gasteiger partial charge in [-0.05, 0) is 29.8 Å². The number of amides is 1. The van der Waals surface area contributed by atoms with Gasteiger partial charge in [0.15, 0.2) is 5.96 Å². The second-order valence-electron chi connectivity index (χ2n) is 5.64. The lowest BCUT2D eigenvalue weighted by atomic mass is 10.2. The zero-order valence-electron chi connectivity index (χ0n) is 14.3. The topological polar surface area (TPSA) is 83.6 Å². The van der Waals surface area contributed by atoms with Crippen molar-refractivity contribution in [1.29, 1.82) is 0 Å². The van der Waals surface area contributed by atoms with Crippen LogP contribution in [0.1, 0.15) is 16.1 Å². The highest BCUT2D eigenvalue weighted by Gasteiger charge is 2.12. The Labute approximate surface area is 174 Å². The SMILES string of the molecule is I.NC(=NCc1cccc(NC(=O)c2ccccn2)c1)N1CCSCC1. The third-order valence-corrected chi connectivity index (χ3v) is 4.78. The molecule has 3 rings (SSSR count). The summed E-state index contributed by atoms with van der Waals surface area (Å²) in [5, 5.41) is 2.86. The summed E-state index contributed by atoms with van der Waals surface area (Å²) in [6.07, 6.45) is 1.60. The molecule has 3 N–H and O–H groups in total. The number of pyridine rings is 1. The first-order chi connectivity index (χ1) is 12.2. The van der Waals surface area contributed by atoms with E-state index in [0.717, 1.165) is 35.8 Å². The number of nitrogens with two attached hydrogens (primary N) is 1. The van der Waals surface area contributed by atoms with Crippen LogP contribution in [-0.4, -0.2) is 46.3 Å². The molecule has 1 aromatic heterocycles. The van der Waals surface area contributed by atoms with Gasteiger partial charge in [-0.2, -0.15) is 11.8 Å².